The second-order valence-electron chi connectivity index (χ2n) is 7.19. The number of carbonyl (C=O) groups is 2. The van der Waals surface area contributed by atoms with Gasteiger partial charge in [-0.1, -0.05) is 44.2 Å². The van der Waals surface area contributed by atoms with Gasteiger partial charge in [0.25, 0.3) is 11.8 Å². The number of nitrogens with one attached hydrogen (secondary N) is 2. The number of carbonyl (C=O) groups excluding carboxylic acids is 2. The molecule has 0 unspecified atom stereocenters. The molecule has 0 aliphatic rings. The maximum absolute atomic E-state index is 12.9. The molecule has 0 saturated heterocycles. The molecule has 0 aliphatic carbocycles. The number of benzene rings is 2. The molecule has 1 heterocycles. The first-order chi connectivity index (χ1) is 14.4. The van der Waals surface area contributed by atoms with Gasteiger partial charge in [0.2, 0.25) is 0 Å². The molecule has 6 heteroatoms. The summed E-state index contributed by atoms with van der Waals surface area (Å²) in [6, 6.07) is 17.6. The fourth-order valence-corrected chi connectivity index (χ4v) is 3.10. The minimum atomic E-state index is -0.494. The molecule has 0 spiro atoms. The topological polar surface area (TPSA) is 94.9 Å². The number of aryl methyl sites for hydroxylation is 1. The van der Waals surface area contributed by atoms with Gasteiger partial charge in [-0.25, -0.2) is 0 Å². The molecule has 0 saturated carbocycles. The zero-order chi connectivity index (χ0) is 21.7. The predicted octanol–water partition coefficient (Wildman–Crippen LogP) is 4.89. The molecule has 0 radical (unpaired) electrons. The van der Waals surface area contributed by atoms with Crippen LogP contribution in [-0.2, 0) is 0 Å². The van der Waals surface area contributed by atoms with Crippen LogP contribution in [0.1, 0.15) is 57.3 Å². The molecule has 30 heavy (non-hydrogen) atoms. The van der Waals surface area contributed by atoms with E-state index in [9.17, 15) is 14.9 Å². The molecule has 0 bridgehead atoms. The van der Waals surface area contributed by atoms with Gasteiger partial charge in [0, 0.05) is 17.4 Å². The first kappa shape index (κ1) is 20.7. The lowest BCUT2D eigenvalue weighted by atomic mass is 9.98. The van der Waals surface area contributed by atoms with Gasteiger partial charge in [0.05, 0.1) is 11.3 Å². The van der Waals surface area contributed by atoms with Gasteiger partial charge in [0.15, 0.2) is 0 Å². The predicted molar refractivity (Wildman–Crippen MR) is 117 cm³/mol. The molecule has 2 amide bonds. The minimum Gasteiger partial charge on any atom is -0.321 e. The largest absolute Gasteiger partial charge is 0.321 e. The second-order valence-corrected chi connectivity index (χ2v) is 7.19. The highest BCUT2D eigenvalue weighted by molar-refractivity contribution is 6.08. The van der Waals surface area contributed by atoms with E-state index in [1.807, 2.05) is 31.2 Å². The summed E-state index contributed by atoms with van der Waals surface area (Å²) in [6.07, 6.45) is 1.42. The average Bonchev–Trinajstić information content (AvgIpc) is 2.75. The Hall–Kier alpha value is -3.98. The summed E-state index contributed by atoms with van der Waals surface area (Å²) < 4.78 is 0. The molecule has 6 nitrogen and oxygen atoms in total. The number of pyridine rings is 1. The van der Waals surface area contributed by atoms with Gasteiger partial charge in [-0.15, -0.1) is 0 Å². The number of hydrogen-bond acceptors (Lipinski definition) is 4. The van der Waals surface area contributed by atoms with E-state index in [4.69, 9.17) is 0 Å². The smallest absolute Gasteiger partial charge is 0.274 e. The SMILES string of the molecule is Cc1cccc(C(C)C)c1NC(=O)c1ccnc(C(=O)Nc2ccccc2C#N)c1. The van der Waals surface area contributed by atoms with E-state index in [1.54, 1.807) is 30.3 Å². The van der Waals surface area contributed by atoms with Crippen LogP contribution in [0.3, 0.4) is 0 Å². The monoisotopic (exact) mass is 398 g/mol. The lowest BCUT2D eigenvalue weighted by Gasteiger charge is -2.16. The number of aromatic nitrogens is 1. The summed E-state index contributed by atoms with van der Waals surface area (Å²) in [4.78, 5) is 29.5. The first-order valence-electron chi connectivity index (χ1n) is 9.58. The zero-order valence-electron chi connectivity index (χ0n) is 17.1. The fraction of sp³-hybridized carbons (Fsp3) is 0.167. The van der Waals surface area contributed by atoms with Gasteiger partial charge in [0.1, 0.15) is 11.8 Å². The van der Waals surface area contributed by atoms with E-state index in [1.165, 1.54) is 12.3 Å². The van der Waals surface area contributed by atoms with E-state index in [-0.39, 0.29) is 17.5 Å². The maximum Gasteiger partial charge on any atom is 0.274 e. The highest BCUT2D eigenvalue weighted by Crippen LogP contribution is 2.28. The minimum absolute atomic E-state index is 0.0873. The third-order valence-corrected chi connectivity index (χ3v) is 4.72. The standard InChI is InChI=1S/C24H22N4O2/c1-15(2)19-9-6-7-16(3)22(19)28-23(29)17-11-12-26-21(13-17)24(30)27-20-10-5-4-8-18(20)14-25/h4-13,15H,1-3H3,(H,27,30)(H,28,29). The molecule has 3 rings (SSSR count). The Kier molecular flexibility index (Phi) is 6.23. The van der Waals surface area contributed by atoms with Crippen molar-refractivity contribution in [3.63, 3.8) is 0 Å². The van der Waals surface area contributed by atoms with Crippen LogP contribution in [0.5, 0.6) is 0 Å². The first-order valence-corrected chi connectivity index (χ1v) is 9.58. The second kappa shape index (κ2) is 9.01. The highest BCUT2D eigenvalue weighted by Gasteiger charge is 2.16. The Morgan fingerprint density at radius 2 is 1.77 bits per heavy atom. The van der Waals surface area contributed by atoms with Crippen LogP contribution in [0.2, 0.25) is 0 Å². The lowest BCUT2D eigenvalue weighted by molar-refractivity contribution is 0.102. The molecular weight excluding hydrogens is 376 g/mol. The van der Waals surface area contributed by atoms with Crippen LogP contribution in [-0.4, -0.2) is 16.8 Å². The van der Waals surface area contributed by atoms with E-state index in [0.717, 1.165) is 16.8 Å². The molecular formula is C24H22N4O2. The van der Waals surface area contributed by atoms with Gasteiger partial charge >= 0.3 is 0 Å². The van der Waals surface area contributed by atoms with Crippen molar-refractivity contribution < 1.29 is 9.59 Å². The molecule has 0 fully saturated rings. The fourth-order valence-electron chi connectivity index (χ4n) is 3.10. The van der Waals surface area contributed by atoms with E-state index in [0.29, 0.717) is 16.8 Å². The van der Waals surface area contributed by atoms with Crippen LogP contribution >= 0.6 is 0 Å². The number of anilines is 2. The quantitative estimate of drug-likeness (QED) is 0.640. The van der Waals surface area contributed by atoms with Crippen molar-refractivity contribution >= 4 is 23.2 Å². The van der Waals surface area contributed by atoms with Crippen LogP contribution < -0.4 is 10.6 Å². The lowest BCUT2D eigenvalue weighted by Crippen LogP contribution is -2.18. The van der Waals surface area contributed by atoms with Gasteiger partial charge in [-0.05, 0) is 48.2 Å². The normalized spacial score (nSPS) is 10.4. The Bertz CT molecular complexity index is 1150. The Labute approximate surface area is 175 Å². The van der Waals surface area contributed by atoms with Gasteiger partial charge in [-0.2, -0.15) is 5.26 Å². The number of rotatable bonds is 5. The number of nitrogens with zero attached hydrogens (tertiary/aromatic N) is 2. The van der Waals surface area contributed by atoms with Crippen molar-refractivity contribution in [1.29, 1.82) is 5.26 Å². The molecule has 1 aromatic heterocycles. The molecule has 150 valence electrons. The zero-order valence-corrected chi connectivity index (χ0v) is 17.1. The third kappa shape index (κ3) is 4.53. The van der Waals surface area contributed by atoms with Gasteiger partial charge in [-0.3, -0.25) is 14.6 Å². The Morgan fingerprint density at radius 1 is 1.00 bits per heavy atom. The van der Waals surface area contributed by atoms with Crippen molar-refractivity contribution in [3.05, 3.63) is 88.7 Å². The highest BCUT2D eigenvalue weighted by atomic mass is 16.2. The van der Waals surface area contributed by atoms with E-state index in [2.05, 4.69) is 29.5 Å². The summed E-state index contributed by atoms with van der Waals surface area (Å²) in [5, 5.41) is 14.8. The number of amides is 2. The number of hydrogen-bond donors (Lipinski definition) is 2. The van der Waals surface area contributed by atoms with E-state index < -0.39 is 5.91 Å². The van der Waals surface area contributed by atoms with Crippen molar-refractivity contribution in [2.75, 3.05) is 10.6 Å². The molecule has 2 aromatic carbocycles. The van der Waals surface area contributed by atoms with Crippen LogP contribution in [0, 0.1) is 18.3 Å². The van der Waals surface area contributed by atoms with Crippen LogP contribution in [0.25, 0.3) is 0 Å². The van der Waals surface area contributed by atoms with Gasteiger partial charge < -0.3 is 10.6 Å². The van der Waals surface area contributed by atoms with Crippen LogP contribution in [0.15, 0.2) is 60.8 Å². The Balaban J connectivity index is 1.83. The summed E-state index contributed by atoms with van der Waals surface area (Å²) in [5.41, 5.74) is 3.94. The number of nitriles is 1. The summed E-state index contributed by atoms with van der Waals surface area (Å²) in [5.74, 6) is -0.564. The molecule has 2 N–H and O–H groups in total. The molecule has 3 aromatic rings. The average molecular weight is 398 g/mol. The third-order valence-electron chi connectivity index (χ3n) is 4.72. The summed E-state index contributed by atoms with van der Waals surface area (Å²) in [6.45, 7) is 6.08. The molecule has 0 aliphatic heterocycles. The number of para-hydroxylation sites is 2. The summed E-state index contributed by atoms with van der Waals surface area (Å²) in [7, 11) is 0. The van der Waals surface area contributed by atoms with Crippen molar-refractivity contribution in [2.45, 2.75) is 26.7 Å². The van der Waals surface area contributed by atoms with Crippen molar-refractivity contribution in [2.24, 2.45) is 0 Å². The maximum atomic E-state index is 12.9. The van der Waals surface area contributed by atoms with Crippen molar-refractivity contribution in [3.8, 4) is 6.07 Å². The summed E-state index contributed by atoms with van der Waals surface area (Å²) >= 11 is 0. The van der Waals surface area contributed by atoms with Crippen molar-refractivity contribution in [1.82, 2.24) is 4.98 Å². The molecule has 0 atom stereocenters. The Morgan fingerprint density at radius 3 is 2.50 bits per heavy atom. The van der Waals surface area contributed by atoms with Crippen LogP contribution in [0.4, 0.5) is 11.4 Å². The van der Waals surface area contributed by atoms with E-state index >= 15 is 0 Å².